The highest BCUT2D eigenvalue weighted by Gasteiger charge is 2.31. The molecule has 2 heterocycles. The highest BCUT2D eigenvalue weighted by molar-refractivity contribution is 6.33. The van der Waals surface area contributed by atoms with Gasteiger partial charge in [0.2, 0.25) is 0 Å². The number of aryl methyl sites for hydroxylation is 1. The van der Waals surface area contributed by atoms with E-state index in [4.69, 9.17) is 16.3 Å². The van der Waals surface area contributed by atoms with E-state index in [1.807, 2.05) is 17.8 Å². The fourth-order valence-corrected chi connectivity index (χ4v) is 3.10. The van der Waals surface area contributed by atoms with Crippen LogP contribution < -0.4 is 5.32 Å². The molecular weight excluding hydrogens is 300 g/mol. The molecule has 1 saturated heterocycles. The third-order valence-corrected chi connectivity index (χ3v) is 4.35. The second-order valence-corrected chi connectivity index (χ2v) is 5.78. The molecule has 0 saturated carbocycles. The van der Waals surface area contributed by atoms with Crippen LogP contribution in [0.15, 0.2) is 30.5 Å². The van der Waals surface area contributed by atoms with E-state index in [1.54, 1.807) is 24.4 Å². The number of nitrogens with zero attached hydrogens (tertiary/aromatic N) is 3. The molecule has 2 aromatic rings. The molecule has 2 atom stereocenters. The van der Waals surface area contributed by atoms with Crippen molar-refractivity contribution in [3.63, 3.8) is 0 Å². The van der Waals surface area contributed by atoms with Gasteiger partial charge in [-0.2, -0.15) is 10.4 Å². The number of aromatic nitrogens is 2. The van der Waals surface area contributed by atoms with Gasteiger partial charge in [0.1, 0.15) is 12.2 Å². The lowest BCUT2D eigenvalue weighted by atomic mass is 9.98. The number of anilines is 1. The van der Waals surface area contributed by atoms with E-state index in [0.29, 0.717) is 28.7 Å². The highest BCUT2D eigenvalue weighted by atomic mass is 35.5. The number of nitriles is 1. The van der Waals surface area contributed by atoms with Gasteiger partial charge in [-0.25, -0.2) is 0 Å². The Morgan fingerprint density at radius 2 is 2.36 bits per heavy atom. The molecule has 0 unspecified atom stereocenters. The first-order valence-electron chi connectivity index (χ1n) is 7.22. The Bertz CT molecular complexity index is 706. The Kier molecular flexibility index (Phi) is 4.32. The normalized spacial score (nSPS) is 20.8. The largest absolute Gasteiger partial charge is 0.382 e. The first-order valence-corrected chi connectivity index (χ1v) is 7.60. The summed E-state index contributed by atoms with van der Waals surface area (Å²) in [5.74, 6) is 0.318. The van der Waals surface area contributed by atoms with Crippen LogP contribution in [-0.4, -0.2) is 22.9 Å². The molecule has 0 radical (unpaired) electrons. The van der Waals surface area contributed by atoms with Gasteiger partial charge >= 0.3 is 0 Å². The van der Waals surface area contributed by atoms with Crippen LogP contribution in [0.3, 0.4) is 0 Å². The van der Waals surface area contributed by atoms with Crippen molar-refractivity contribution in [1.82, 2.24) is 9.78 Å². The van der Waals surface area contributed by atoms with Gasteiger partial charge in [-0.3, -0.25) is 4.68 Å². The summed E-state index contributed by atoms with van der Waals surface area (Å²) in [4.78, 5) is 0. The molecule has 6 heteroatoms. The molecule has 1 aliphatic rings. The highest BCUT2D eigenvalue weighted by Crippen LogP contribution is 2.35. The quantitative estimate of drug-likeness (QED) is 0.941. The fraction of sp³-hybridized carbons (Fsp3) is 0.375. The van der Waals surface area contributed by atoms with Gasteiger partial charge in [0, 0.05) is 32.3 Å². The maximum Gasteiger partial charge on any atom is 0.104 e. The second kappa shape index (κ2) is 6.39. The molecule has 3 rings (SSSR count). The lowest BCUT2D eigenvalue weighted by Gasteiger charge is -2.20. The maximum atomic E-state index is 9.19. The van der Waals surface area contributed by atoms with Gasteiger partial charge in [0.25, 0.3) is 0 Å². The number of para-hydroxylation sites is 1. The number of rotatable bonds is 4. The number of ether oxygens (including phenoxy) is 1. The van der Waals surface area contributed by atoms with Crippen molar-refractivity contribution < 1.29 is 4.74 Å². The van der Waals surface area contributed by atoms with Crippen LogP contribution in [0.5, 0.6) is 0 Å². The molecule has 1 aromatic heterocycles. The summed E-state index contributed by atoms with van der Waals surface area (Å²) < 4.78 is 7.71. The van der Waals surface area contributed by atoms with Crippen molar-refractivity contribution in [2.45, 2.75) is 12.5 Å². The topological polar surface area (TPSA) is 62.9 Å². The smallest absolute Gasteiger partial charge is 0.104 e. The number of hydrogen-bond donors (Lipinski definition) is 1. The molecule has 1 aliphatic heterocycles. The zero-order chi connectivity index (χ0) is 15.5. The summed E-state index contributed by atoms with van der Waals surface area (Å²) in [5, 5.41) is 17.3. The third kappa shape index (κ3) is 2.80. The van der Waals surface area contributed by atoms with E-state index in [2.05, 4.69) is 16.5 Å². The van der Waals surface area contributed by atoms with E-state index in [9.17, 15) is 5.26 Å². The average molecular weight is 317 g/mol. The molecule has 1 aromatic carbocycles. The molecule has 114 valence electrons. The molecule has 22 heavy (non-hydrogen) atoms. The molecular formula is C16H17ClN4O. The van der Waals surface area contributed by atoms with E-state index < -0.39 is 0 Å². The number of hydrogen-bond acceptors (Lipinski definition) is 4. The van der Waals surface area contributed by atoms with E-state index in [0.717, 1.165) is 18.7 Å². The van der Waals surface area contributed by atoms with Crippen LogP contribution in [0.1, 0.15) is 23.8 Å². The van der Waals surface area contributed by atoms with E-state index in [1.165, 1.54) is 0 Å². The minimum absolute atomic E-state index is 0.0213. The summed E-state index contributed by atoms with van der Waals surface area (Å²) in [6.45, 7) is 1.43. The predicted molar refractivity (Wildman–Crippen MR) is 84.7 cm³/mol. The van der Waals surface area contributed by atoms with Crippen LogP contribution in [0.2, 0.25) is 5.02 Å². The Balaban J connectivity index is 1.74. The van der Waals surface area contributed by atoms with E-state index in [-0.39, 0.29) is 6.10 Å². The summed E-state index contributed by atoms with van der Waals surface area (Å²) in [6, 6.07) is 9.48. The Morgan fingerprint density at radius 3 is 3.09 bits per heavy atom. The molecule has 1 fully saturated rings. The van der Waals surface area contributed by atoms with Crippen LogP contribution in [0.4, 0.5) is 5.69 Å². The van der Waals surface area contributed by atoms with Gasteiger partial charge in [0.05, 0.1) is 22.0 Å². The molecule has 0 spiro atoms. The van der Waals surface area contributed by atoms with Crippen LogP contribution in [0.25, 0.3) is 0 Å². The zero-order valence-electron chi connectivity index (χ0n) is 12.3. The van der Waals surface area contributed by atoms with Gasteiger partial charge in [0.15, 0.2) is 0 Å². The van der Waals surface area contributed by atoms with Gasteiger partial charge < -0.3 is 10.1 Å². The standard InChI is InChI=1S/C16H17ClN4O/c1-21-14(5-7-20-21)16-12(6-8-22-16)10-19-15-11(9-18)3-2-4-13(15)17/h2-5,7,12,16,19H,6,8,10H2,1H3/t12-,16+/m0/s1. The summed E-state index contributed by atoms with van der Waals surface area (Å²) in [5.41, 5.74) is 2.33. The van der Waals surface area contributed by atoms with Crippen LogP contribution in [-0.2, 0) is 11.8 Å². The van der Waals surface area contributed by atoms with Crippen molar-refractivity contribution in [2.24, 2.45) is 13.0 Å². The van der Waals surface area contributed by atoms with Crippen molar-refractivity contribution in [1.29, 1.82) is 5.26 Å². The van der Waals surface area contributed by atoms with Crippen molar-refractivity contribution >= 4 is 17.3 Å². The molecule has 0 amide bonds. The molecule has 5 nitrogen and oxygen atoms in total. The number of nitrogens with one attached hydrogen (secondary N) is 1. The van der Waals surface area contributed by atoms with Crippen molar-refractivity contribution in [3.05, 3.63) is 46.7 Å². The van der Waals surface area contributed by atoms with Gasteiger partial charge in [-0.15, -0.1) is 0 Å². The predicted octanol–water partition coefficient (Wildman–Crippen LogP) is 3.13. The van der Waals surface area contributed by atoms with Crippen molar-refractivity contribution in [3.8, 4) is 6.07 Å². The third-order valence-electron chi connectivity index (χ3n) is 4.04. The van der Waals surface area contributed by atoms with Gasteiger partial charge in [-0.05, 0) is 24.6 Å². The summed E-state index contributed by atoms with van der Waals surface area (Å²) in [6.07, 6.45) is 2.77. The van der Waals surface area contributed by atoms with Gasteiger partial charge in [-0.1, -0.05) is 17.7 Å². The van der Waals surface area contributed by atoms with Crippen LogP contribution >= 0.6 is 11.6 Å². The SMILES string of the molecule is Cn1nccc1[C@@H]1OCC[C@H]1CNc1c(Cl)cccc1C#N. The zero-order valence-corrected chi connectivity index (χ0v) is 13.0. The maximum absolute atomic E-state index is 9.19. The lowest BCUT2D eigenvalue weighted by molar-refractivity contribution is 0.0866. The Morgan fingerprint density at radius 1 is 1.50 bits per heavy atom. The molecule has 0 aliphatic carbocycles. The van der Waals surface area contributed by atoms with E-state index >= 15 is 0 Å². The summed E-state index contributed by atoms with van der Waals surface area (Å²) >= 11 is 6.20. The first kappa shape index (κ1) is 14.9. The fourth-order valence-electron chi connectivity index (χ4n) is 2.86. The monoisotopic (exact) mass is 316 g/mol. The lowest BCUT2D eigenvalue weighted by Crippen LogP contribution is -2.20. The van der Waals surface area contributed by atoms with Crippen molar-refractivity contribution in [2.75, 3.05) is 18.5 Å². The van der Waals surface area contributed by atoms with Crippen LogP contribution in [0, 0.1) is 17.2 Å². The first-order chi connectivity index (χ1) is 10.7. The number of halogens is 1. The minimum atomic E-state index is 0.0213. The molecule has 0 bridgehead atoms. The minimum Gasteiger partial charge on any atom is -0.382 e. The summed E-state index contributed by atoms with van der Waals surface area (Å²) in [7, 11) is 1.92. The number of benzene rings is 1. The second-order valence-electron chi connectivity index (χ2n) is 5.37. The Hall–Kier alpha value is -2.03. The molecule has 1 N–H and O–H groups in total. The Labute approximate surface area is 134 Å². The average Bonchev–Trinajstić information content (AvgIpc) is 3.14.